The summed E-state index contributed by atoms with van der Waals surface area (Å²) in [4.78, 5) is 23.6. The summed E-state index contributed by atoms with van der Waals surface area (Å²) in [6.45, 7) is 0. The molecule has 0 unspecified atom stereocenters. The molecular formula is C20H20N6O2. The zero-order valence-corrected chi connectivity index (χ0v) is 15.2. The lowest BCUT2D eigenvalue weighted by molar-refractivity contribution is -0.142. The van der Waals surface area contributed by atoms with Crippen LogP contribution in [0.5, 0.6) is 0 Å². The first-order valence-electron chi connectivity index (χ1n) is 9.41. The summed E-state index contributed by atoms with van der Waals surface area (Å²) in [6.07, 6.45) is 6.19. The molecule has 0 aliphatic heterocycles. The van der Waals surface area contributed by atoms with Gasteiger partial charge in [0.25, 0.3) is 0 Å². The van der Waals surface area contributed by atoms with Crippen molar-refractivity contribution in [2.45, 2.75) is 31.6 Å². The van der Waals surface area contributed by atoms with E-state index in [0.717, 1.165) is 40.8 Å². The highest BCUT2D eigenvalue weighted by Gasteiger charge is 2.30. The number of nitrogens with zero attached hydrogens (tertiary/aromatic N) is 4. The SMILES string of the molecule is Nc1ncnn2c(C3CCC(C(=O)O)CC3)nc(-c3ccc4cc[nH]c4c3)c12. The summed E-state index contributed by atoms with van der Waals surface area (Å²) >= 11 is 0. The van der Waals surface area contributed by atoms with Crippen LogP contribution in [0.3, 0.4) is 0 Å². The predicted octanol–water partition coefficient (Wildman–Crippen LogP) is 3.21. The molecule has 28 heavy (non-hydrogen) atoms. The molecule has 1 aliphatic carbocycles. The number of fused-ring (bicyclic) bond motifs is 2. The number of nitrogen functional groups attached to an aromatic ring is 1. The quantitative estimate of drug-likeness (QED) is 0.505. The van der Waals surface area contributed by atoms with Gasteiger partial charge in [0.2, 0.25) is 0 Å². The second-order valence-corrected chi connectivity index (χ2v) is 7.39. The molecule has 1 fully saturated rings. The molecule has 4 N–H and O–H groups in total. The van der Waals surface area contributed by atoms with E-state index in [1.165, 1.54) is 6.33 Å². The van der Waals surface area contributed by atoms with Gasteiger partial charge in [-0.05, 0) is 43.2 Å². The molecule has 1 aliphatic rings. The van der Waals surface area contributed by atoms with Crippen LogP contribution in [0.1, 0.15) is 37.4 Å². The second kappa shape index (κ2) is 6.33. The van der Waals surface area contributed by atoms with Gasteiger partial charge in [-0.1, -0.05) is 12.1 Å². The van der Waals surface area contributed by atoms with E-state index in [4.69, 9.17) is 10.7 Å². The molecule has 0 atom stereocenters. The van der Waals surface area contributed by atoms with Crippen LogP contribution in [0, 0.1) is 5.92 Å². The third-order valence-corrected chi connectivity index (χ3v) is 5.76. The van der Waals surface area contributed by atoms with E-state index in [9.17, 15) is 9.90 Å². The number of hydrogen-bond donors (Lipinski definition) is 3. The van der Waals surface area contributed by atoms with Crippen LogP contribution in [0.4, 0.5) is 5.82 Å². The summed E-state index contributed by atoms with van der Waals surface area (Å²) in [5.41, 5.74) is 9.62. The van der Waals surface area contributed by atoms with Crippen LogP contribution in [-0.4, -0.2) is 35.6 Å². The zero-order valence-electron chi connectivity index (χ0n) is 15.2. The van der Waals surface area contributed by atoms with Crippen molar-refractivity contribution in [3.8, 4) is 11.3 Å². The number of H-pyrrole nitrogens is 1. The number of carboxylic acid groups (broad SMARTS) is 1. The first kappa shape index (κ1) is 16.7. The Morgan fingerprint density at radius 2 is 2.04 bits per heavy atom. The molecule has 8 heteroatoms. The minimum absolute atomic E-state index is 0.153. The van der Waals surface area contributed by atoms with Gasteiger partial charge in [-0.25, -0.2) is 14.5 Å². The monoisotopic (exact) mass is 376 g/mol. The molecule has 0 radical (unpaired) electrons. The van der Waals surface area contributed by atoms with Gasteiger partial charge in [-0.15, -0.1) is 0 Å². The molecule has 3 aromatic heterocycles. The summed E-state index contributed by atoms with van der Waals surface area (Å²) < 4.78 is 1.78. The van der Waals surface area contributed by atoms with Crippen molar-refractivity contribution >= 4 is 28.2 Å². The molecule has 1 saturated carbocycles. The molecule has 0 amide bonds. The predicted molar refractivity (Wildman–Crippen MR) is 105 cm³/mol. The normalized spacial score (nSPS) is 20.0. The topological polar surface area (TPSA) is 122 Å². The lowest BCUT2D eigenvalue weighted by atomic mass is 9.82. The number of imidazole rings is 1. The van der Waals surface area contributed by atoms with Gasteiger partial charge in [-0.2, -0.15) is 5.10 Å². The highest BCUT2D eigenvalue weighted by molar-refractivity contribution is 5.90. The van der Waals surface area contributed by atoms with Crippen molar-refractivity contribution in [2.24, 2.45) is 5.92 Å². The maximum Gasteiger partial charge on any atom is 0.306 e. The number of anilines is 1. The minimum Gasteiger partial charge on any atom is -0.481 e. The Labute approximate surface area is 160 Å². The average molecular weight is 376 g/mol. The number of nitrogens with one attached hydrogen (secondary N) is 1. The minimum atomic E-state index is -0.710. The number of carbonyl (C=O) groups is 1. The fraction of sp³-hybridized carbons (Fsp3) is 0.300. The van der Waals surface area contributed by atoms with Gasteiger partial charge in [0.1, 0.15) is 23.4 Å². The largest absolute Gasteiger partial charge is 0.481 e. The first-order valence-corrected chi connectivity index (χ1v) is 9.41. The van der Waals surface area contributed by atoms with Gasteiger partial charge in [-0.3, -0.25) is 4.79 Å². The van der Waals surface area contributed by atoms with Crippen molar-refractivity contribution in [1.82, 2.24) is 24.6 Å². The molecule has 0 saturated heterocycles. The number of carboxylic acids is 1. The maximum atomic E-state index is 11.3. The Kier molecular flexibility index (Phi) is 3.78. The number of aromatic amines is 1. The van der Waals surface area contributed by atoms with Gasteiger partial charge < -0.3 is 15.8 Å². The lowest BCUT2D eigenvalue weighted by Crippen LogP contribution is -2.21. The Morgan fingerprint density at radius 1 is 1.21 bits per heavy atom. The third-order valence-electron chi connectivity index (χ3n) is 5.76. The highest BCUT2D eigenvalue weighted by atomic mass is 16.4. The summed E-state index contributed by atoms with van der Waals surface area (Å²) in [7, 11) is 0. The van der Waals surface area contributed by atoms with Crippen LogP contribution in [0.2, 0.25) is 0 Å². The van der Waals surface area contributed by atoms with E-state index in [1.807, 2.05) is 24.4 Å². The molecule has 3 heterocycles. The van der Waals surface area contributed by atoms with Gasteiger partial charge >= 0.3 is 5.97 Å². The van der Waals surface area contributed by atoms with Crippen molar-refractivity contribution < 1.29 is 9.90 Å². The molecule has 1 aromatic carbocycles. The number of nitrogens with two attached hydrogens (primary N) is 1. The van der Waals surface area contributed by atoms with E-state index < -0.39 is 5.97 Å². The molecule has 8 nitrogen and oxygen atoms in total. The molecule has 142 valence electrons. The smallest absolute Gasteiger partial charge is 0.306 e. The van der Waals surface area contributed by atoms with Crippen molar-refractivity contribution in [3.63, 3.8) is 0 Å². The zero-order chi connectivity index (χ0) is 19.3. The van der Waals surface area contributed by atoms with Crippen LogP contribution >= 0.6 is 0 Å². The highest BCUT2D eigenvalue weighted by Crippen LogP contribution is 2.38. The number of aliphatic carboxylic acids is 1. The van der Waals surface area contributed by atoms with Gasteiger partial charge in [0.05, 0.1) is 5.92 Å². The lowest BCUT2D eigenvalue weighted by Gasteiger charge is -2.24. The van der Waals surface area contributed by atoms with Crippen LogP contribution in [0.25, 0.3) is 27.7 Å². The van der Waals surface area contributed by atoms with E-state index in [1.54, 1.807) is 4.52 Å². The Morgan fingerprint density at radius 3 is 2.82 bits per heavy atom. The first-order chi connectivity index (χ1) is 13.6. The molecular weight excluding hydrogens is 356 g/mol. The maximum absolute atomic E-state index is 11.3. The molecule has 0 spiro atoms. The fourth-order valence-corrected chi connectivity index (χ4v) is 4.24. The van der Waals surface area contributed by atoms with E-state index >= 15 is 0 Å². The molecule has 4 aromatic rings. The molecule has 5 rings (SSSR count). The fourth-order valence-electron chi connectivity index (χ4n) is 4.24. The number of rotatable bonds is 3. The van der Waals surface area contributed by atoms with E-state index in [-0.39, 0.29) is 11.8 Å². The third kappa shape index (κ3) is 2.60. The summed E-state index contributed by atoms with van der Waals surface area (Å²) in [5, 5.41) is 14.8. The van der Waals surface area contributed by atoms with Crippen molar-refractivity contribution in [3.05, 3.63) is 42.6 Å². The van der Waals surface area contributed by atoms with Crippen LogP contribution in [0.15, 0.2) is 36.8 Å². The van der Waals surface area contributed by atoms with E-state index in [2.05, 4.69) is 21.1 Å². The van der Waals surface area contributed by atoms with Crippen molar-refractivity contribution in [2.75, 3.05) is 5.73 Å². The number of benzene rings is 1. The average Bonchev–Trinajstić information content (AvgIpc) is 3.33. The number of aromatic nitrogens is 5. The summed E-state index contributed by atoms with van der Waals surface area (Å²) in [5.74, 6) is 0.388. The van der Waals surface area contributed by atoms with Crippen LogP contribution < -0.4 is 5.73 Å². The van der Waals surface area contributed by atoms with Crippen molar-refractivity contribution in [1.29, 1.82) is 0 Å². The second-order valence-electron chi connectivity index (χ2n) is 7.39. The standard InChI is InChI=1S/C20H20N6O2/c21-18-17-16(14-6-1-11-7-8-22-15(11)9-14)25-19(26(17)24-10-23-18)12-2-4-13(5-3-12)20(27)28/h1,6-10,12-13,22H,2-5H2,(H,27,28)(H2,21,23,24). The Hall–Kier alpha value is -3.42. The van der Waals surface area contributed by atoms with Gasteiger partial charge in [0.15, 0.2) is 5.82 Å². The Bertz CT molecular complexity index is 1190. The molecule has 0 bridgehead atoms. The Balaban J connectivity index is 1.62. The summed E-state index contributed by atoms with van der Waals surface area (Å²) in [6, 6.07) is 8.14. The number of hydrogen-bond acceptors (Lipinski definition) is 5. The van der Waals surface area contributed by atoms with E-state index in [0.29, 0.717) is 24.2 Å². The van der Waals surface area contributed by atoms with Gasteiger partial charge in [0, 0.05) is 23.2 Å². The van der Waals surface area contributed by atoms with Crippen LogP contribution in [-0.2, 0) is 4.79 Å².